The van der Waals surface area contributed by atoms with Crippen molar-refractivity contribution in [3.63, 3.8) is 0 Å². The molecule has 0 aliphatic rings. The molecule has 0 spiro atoms. The van der Waals surface area contributed by atoms with Crippen LogP contribution in [0.3, 0.4) is 0 Å². The topological polar surface area (TPSA) is 78.0 Å². The molecule has 0 amide bonds. The summed E-state index contributed by atoms with van der Waals surface area (Å²) in [4.78, 5) is -0.151. The van der Waals surface area contributed by atoms with Gasteiger partial charge in [0.1, 0.15) is 0 Å². The van der Waals surface area contributed by atoms with Crippen LogP contribution in [0.1, 0.15) is 5.69 Å². The van der Waals surface area contributed by atoms with Crippen molar-refractivity contribution in [3.05, 3.63) is 87.4 Å². The number of hydrogen-bond donors (Lipinski definition) is 1. The lowest BCUT2D eigenvalue weighted by Crippen LogP contribution is -2.11. The van der Waals surface area contributed by atoms with Crippen molar-refractivity contribution in [2.75, 3.05) is 0 Å². The van der Waals surface area contributed by atoms with E-state index in [1.807, 2.05) is 0 Å². The zero-order valence-electron chi connectivity index (χ0n) is 16.5. The van der Waals surface area contributed by atoms with Gasteiger partial charge in [-0.05, 0) is 54.1 Å². The van der Waals surface area contributed by atoms with Gasteiger partial charge in [0.15, 0.2) is 5.69 Å². The number of nitrogens with two attached hydrogens (primary N) is 1. The average Bonchev–Trinajstić information content (AvgIpc) is 3.15. The molecule has 0 fully saturated rings. The Balaban J connectivity index is 2.07. The molecule has 0 atom stereocenters. The van der Waals surface area contributed by atoms with Crippen LogP contribution >= 0.6 is 31.9 Å². The molecule has 0 bridgehead atoms. The molecule has 11 heteroatoms. The molecule has 4 aromatic rings. The Morgan fingerprint density at radius 1 is 0.788 bits per heavy atom. The minimum absolute atomic E-state index is 0.124. The highest BCUT2D eigenvalue weighted by Gasteiger charge is 2.40. The SMILES string of the molecule is NS(=O)(=O)c1ccc(-c2c(-c3ccc(Br)cc3)c(C(F)(F)F)nn2-c2ccc(Br)cc2)cc1. The Morgan fingerprint density at radius 2 is 1.27 bits per heavy atom. The number of primary sulfonamides is 1. The van der Waals surface area contributed by atoms with Crippen molar-refractivity contribution in [1.82, 2.24) is 9.78 Å². The smallest absolute Gasteiger partial charge is 0.232 e. The van der Waals surface area contributed by atoms with E-state index < -0.39 is 21.9 Å². The lowest BCUT2D eigenvalue weighted by Gasteiger charge is -2.12. The maximum Gasteiger partial charge on any atom is 0.435 e. The zero-order chi connectivity index (χ0) is 24.0. The van der Waals surface area contributed by atoms with Crippen LogP contribution in [-0.4, -0.2) is 18.2 Å². The highest BCUT2D eigenvalue weighted by atomic mass is 79.9. The van der Waals surface area contributed by atoms with Crippen LogP contribution in [0.5, 0.6) is 0 Å². The van der Waals surface area contributed by atoms with Crippen molar-refractivity contribution < 1.29 is 21.6 Å². The number of alkyl halides is 3. The Labute approximate surface area is 204 Å². The van der Waals surface area contributed by atoms with Crippen LogP contribution in [0, 0.1) is 0 Å². The second-order valence-electron chi connectivity index (χ2n) is 7.03. The summed E-state index contributed by atoms with van der Waals surface area (Å²) in [6.07, 6.45) is -4.74. The zero-order valence-corrected chi connectivity index (χ0v) is 20.5. The predicted octanol–water partition coefficient (Wildman–Crippen LogP) is 6.40. The summed E-state index contributed by atoms with van der Waals surface area (Å²) in [6, 6.07) is 18.4. The van der Waals surface area contributed by atoms with Crippen molar-refractivity contribution in [3.8, 4) is 28.1 Å². The second-order valence-corrected chi connectivity index (χ2v) is 10.4. The van der Waals surface area contributed by atoms with Gasteiger partial charge in [-0.3, -0.25) is 0 Å². The summed E-state index contributed by atoms with van der Waals surface area (Å²) in [5.74, 6) is 0. The standard InChI is InChI=1S/C22H14Br2F3N3O2S/c23-15-5-1-13(2-6-15)19-20(14-3-11-18(12-4-14)33(28,31)32)30(29-21(19)22(25,26)27)17-9-7-16(24)8-10-17/h1-12H,(H2,28,31,32). The Kier molecular flexibility index (Phi) is 6.25. The van der Waals surface area contributed by atoms with Gasteiger partial charge < -0.3 is 0 Å². The number of sulfonamides is 1. The number of hydrogen-bond acceptors (Lipinski definition) is 3. The molecule has 0 aliphatic heterocycles. The van der Waals surface area contributed by atoms with Crippen LogP contribution in [0.2, 0.25) is 0 Å². The third kappa shape index (κ3) is 4.91. The molecule has 0 unspecified atom stereocenters. The molecule has 170 valence electrons. The normalized spacial score (nSPS) is 12.2. The first-order chi connectivity index (χ1) is 15.4. The molecule has 3 aromatic carbocycles. The first-order valence-corrected chi connectivity index (χ1v) is 12.4. The summed E-state index contributed by atoms with van der Waals surface area (Å²) in [5.41, 5.74) is 0.0238. The van der Waals surface area contributed by atoms with Gasteiger partial charge in [-0.2, -0.15) is 18.3 Å². The highest BCUT2D eigenvalue weighted by Crippen LogP contribution is 2.43. The van der Waals surface area contributed by atoms with Gasteiger partial charge in [0.2, 0.25) is 10.0 Å². The number of aromatic nitrogens is 2. The number of benzene rings is 3. The monoisotopic (exact) mass is 599 g/mol. The molecule has 0 saturated heterocycles. The third-order valence-corrected chi connectivity index (χ3v) is 6.80. The van der Waals surface area contributed by atoms with Gasteiger partial charge in [-0.15, -0.1) is 0 Å². The van der Waals surface area contributed by atoms with Crippen molar-refractivity contribution in [2.45, 2.75) is 11.1 Å². The molecular formula is C22H14Br2F3N3O2S. The molecule has 5 nitrogen and oxygen atoms in total. The molecule has 1 heterocycles. The van der Waals surface area contributed by atoms with E-state index in [0.717, 1.165) is 4.47 Å². The van der Waals surface area contributed by atoms with Crippen LogP contribution in [0.4, 0.5) is 13.2 Å². The van der Waals surface area contributed by atoms with E-state index in [1.54, 1.807) is 48.5 Å². The predicted molar refractivity (Wildman–Crippen MR) is 126 cm³/mol. The average molecular weight is 601 g/mol. The van der Waals surface area contributed by atoms with Crippen molar-refractivity contribution in [1.29, 1.82) is 0 Å². The molecule has 0 aliphatic carbocycles. The fourth-order valence-corrected chi connectivity index (χ4v) is 4.39. The summed E-state index contributed by atoms with van der Waals surface area (Å²) in [7, 11) is -3.97. The summed E-state index contributed by atoms with van der Waals surface area (Å²) >= 11 is 6.62. The van der Waals surface area contributed by atoms with E-state index in [4.69, 9.17) is 5.14 Å². The van der Waals surface area contributed by atoms with Gasteiger partial charge in [0, 0.05) is 20.1 Å². The van der Waals surface area contributed by atoms with E-state index >= 15 is 0 Å². The number of nitrogens with zero attached hydrogens (tertiary/aromatic N) is 2. The van der Waals surface area contributed by atoms with E-state index in [2.05, 4.69) is 37.0 Å². The lowest BCUT2D eigenvalue weighted by molar-refractivity contribution is -0.140. The van der Waals surface area contributed by atoms with Crippen LogP contribution in [0.15, 0.2) is 86.6 Å². The molecule has 4 rings (SSSR count). The minimum Gasteiger partial charge on any atom is -0.232 e. The number of halogens is 5. The summed E-state index contributed by atoms with van der Waals surface area (Å²) in [5, 5.41) is 9.12. The molecular weight excluding hydrogens is 587 g/mol. The Hall–Kier alpha value is -2.47. The van der Waals surface area contributed by atoms with Gasteiger partial charge in [-0.1, -0.05) is 56.1 Å². The maximum atomic E-state index is 14.1. The van der Waals surface area contributed by atoms with Crippen LogP contribution in [-0.2, 0) is 16.2 Å². The molecule has 0 radical (unpaired) electrons. The maximum absolute atomic E-state index is 14.1. The largest absolute Gasteiger partial charge is 0.435 e. The van der Waals surface area contributed by atoms with E-state index in [9.17, 15) is 21.6 Å². The quantitative estimate of drug-likeness (QED) is 0.294. The van der Waals surface area contributed by atoms with Crippen molar-refractivity contribution in [2.24, 2.45) is 5.14 Å². The fraction of sp³-hybridized carbons (Fsp3) is 0.0455. The van der Waals surface area contributed by atoms with E-state index in [1.165, 1.54) is 28.9 Å². The Bertz CT molecular complexity index is 1420. The minimum atomic E-state index is -4.74. The van der Waals surface area contributed by atoms with E-state index in [-0.39, 0.29) is 16.2 Å². The Morgan fingerprint density at radius 3 is 1.76 bits per heavy atom. The lowest BCUT2D eigenvalue weighted by atomic mass is 9.98. The van der Waals surface area contributed by atoms with Gasteiger partial charge in [-0.25, -0.2) is 18.2 Å². The van der Waals surface area contributed by atoms with Gasteiger partial charge in [0.05, 0.1) is 16.3 Å². The van der Waals surface area contributed by atoms with Crippen molar-refractivity contribution >= 4 is 41.9 Å². The van der Waals surface area contributed by atoms with Crippen LogP contribution < -0.4 is 5.14 Å². The molecule has 1 aromatic heterocycles. The molecule has 33 heavy (non-hydrogen) atoms. The molecule has 2 N–H and O–H groups in total. The first kappa shape index (κ1) is 23.7. The second kappa shape index (κ2) is 8.71. The van der Waals surface area contributed by atoms with Crippen LogP contribution in [0.25, 0.3) is 28.1 Å². The fourth-order valence-electron chi connectivity index (χ4n) is 3.34. The van der Waals surface area contributed by atoms with E-state index in [0.29, 0.717) is 21.3 Å². The van der Waals surface area contributed by atoms with Gasteiger partial charge in [0.25, 0.3) is 0 Å². The highest BCUT2D eigenvalue weighted by molar-refractivity contribution is 9.10. The number of rotatable bonds is 4. The summed E-state index contributed by atoms with van der Waals surface area (Å²) in [6.45, 7) is 0. The molecule has 0 saturated carbocycles. The van der Waals surface area contributed by atoms with Gasteiger partial charge >= 0.3 is 6.18 Å². The first-order valence-electron chi connectivity index (χ1n) is 9.30. The summed E-state index contributed by atoms with van der Waals surface area (Å²) < 4.78 is 68.4. The third-order valence-electron chi connectivity index (χ3n) is 4.81.